The Bertz CT molecular complexity index is 936. The number of halogens is 4. The highest BCUT2D eigenvalue weighted by atomic mass is 19.4. The van der Waals surface area contributed by atoms with Gasteiger partial charge >= 0.3 is 12.5 Å². The fourth-order valence-electron chi connectivity index (χ4n) is 4.59. The van der Waals surface area contributed by atoms with Crippen molar-refractivity contribution in [1.29, 1.82) is 0 Å². The van der Waals surface area contributed by atoms with E-state index in [4.69, 9.17) is 4.74 Å². The number of carbonyl (C=O) groups is 1. The van der Waals surface area contributed by atoms with Gasteiger partial charge < -0.3 is 19.5 Å². The maximum atomic E-state index is 14.5. The maximum Gasteiger partial charge on any atom is 0.573 e. The summed E-state index contributed by atoms with van der Waals surface area (Å²) in [6.45, 7) is 0.103. The number of amides is 1. The Hall–Kier alpha value is -2.81. The molecule has 5 nitrogen and oxygen atoms in total. The molecule has 2 fully saturated rings. The van der Waals surface area contributed by atoms with Gasteiger partial charge in [-0.2, -0.15) is 0 Å². The lowest BCUT2D eigenvalue weighted by atomic mass is 9.80. The standard InChI is InChI=1S/C22H21F4NO4/c23-19-9-8-17(31-22(24,25)26)10-18(19)21(29)11-15-6-7-16(12-21)27(15)20(28)30-13-14-4-2-1-3-5-14/h1-5,8-10,15-16,29H,6-7,11-13H2. The molecular formula is C22H21F4NO4. The van der Waals surface area contributed by atoms with Gasteiger partial charge in [0.1, 0.15) is 18.2 Å². The number of carbonyl (C=O) groups excluding carboxylic acids is 1. The fraction of sp³-hybridized carbons (Fsp3) is 0.409. The fourth-order valence-corrected chi connectivity index (χ4v) is 4.59. The minimum absolute atomic E-state index is 0.00364. The zero-order valence-corrected chi connectivity index (χ0v) is 16.4. The van der Waals surface area contributed by atoms with Crippen LogP contribution in [0.25, 0.3) is 0 Å². The summed E-state index contributed by atoms with van der Waals surface area (Å²) in [5, 5.41) is 11.2. The van der Waals surface area contributed by atoms with Crippen molar-refractivity contribution in [2.75, 3.05) is 0 Å². The molecule has 1 amide bonds. The summed E-state index contributed by atoms with van der Waals surface area (Å²) in [6, 6.07) is 11.0. The minimum atomic E-state index is -4.93. The van der Waals surface area contributed by atoms with Gasteiger partial charge in [-0.25, -0.2) is 9.18 Å². The zero-order chi connectivity index (χ0) is 22.2. The normalized spacial score (nSPS) is 25.4. The van der Waals surface area contributed by atoms with Crippen LogP contribution >= 0.6 is 0 Å². The van der Waals surface area contributed by atoms with Crippen molar-refractivity contribution in [2.45, 2.75) is 56.3 Å². The summed E-state index contributed by atoms with van der Waals surface area (Å²) in [4.78, 5) is 14.2. The Balaban J connectivity index is 1.49. The molecule has 2 unspecified atom stereocenters. The second-order valence-corrected chi connectivity index (χ2v) is 7.96. The Kier molecular flexibility index (Phi) is 5.55. The van der Waals surface area contributed by atoms with Crippen LogP contribution in [0.2, 0.25) is 0 Å². The van der Waals surface area contributed by atoms with Crippen LogP contribution in [0.1, 0.15) is 36.8 Å². The number of alkyl halides is 3. The smallest absolute Gasteiger partial charge is 0.445 e. The molecule has 0 radical (unpaired) electrons. The molecule has 2 atom stereocenters. The number of aliphatic hydroxyl groups is 1. The first kappa shape index (κ1) is 21.4. The second kappa shape index (κ2) is 8.03. The van der Waals surface area contributed by atoms with Gasteiger partial charge in [0.2, 0.25) is 0 Å². The number of benzene rings is 2. The molecule has 2 heterocycles. The van der Waals surface area contributed by atoms with Gasteiger partial charge in [0, 0.05) is 30.5 Å². The van der Waals surface area contributed by atoms with E-state index in [9.17, 15) is 27.5 Å². The van der Waals surface area contributed by atoms with Crippen LogP contribution in [-0.2, 0) is 16.9 Å². The number of fused-ring (bicyclic) bond motifs is 2. The van der Waals surface area contributed by atoms with Gasteiger partial charge in [0.15, 0.2) is 0 Å². The summed E-state index contributed by atoms with van der Waals surface area (Å²) in [7, 11) is 0. The quantitative estimate of drug-likeness (QED) is 0.691. The van der Waals surface area contributed by atoms with Crippen LogP contribution in [0.4, 0.5) is 22.4 Å². The summed E-state index contributed by atoms with van der Waals surface area (Å²) in [6.07, 6.45) is -4.27. The highest BCUT2D eigenvalue weighted by molar-refractivity contribution is 5.69. The number of piperidine rings is 1. The molecular weight excluding hydrogens is 418 g/mol. The number of rotatable bonds is 4. The van der Waals surface area contributed by atoms with Gasteiger partial charge in [-0.3, -0.25) is 0 Å². The minimum Gasteiger partial charge on any atom is -0.445 e. The van der Waals surface area contributed by atoms with Gasteiger partial charge in [-0.15, -0.1) is 13.2 Å². The highest BCUT2D eigenvalue weighted by Gasteiger charge is 2.51. The van der Waals surface area contributed by atoms with Crippen molar-refractivity contribution in [1.82, 2.24) is 4.90 Å². The Morgan fingerprint density at radius 3 is 2.35 bits per heavy atom. The van der Waals surface area contributed by atoms with Gasteiger partial charge in [0.25, 0.3) is 0 Å². The number of nitrogens with zero attached hydrogens (tertiary/aromatic N) is 1. The molecule has 2 bridgehead atoms. The second-order valence-electron chi connectivity index (χ2n) is 7.96. The average Bonchev–Trinajstić information content (AvgIpc) is 2.99. The first-order valence-corrected chi connectivity index (χ1v) is 9.92. The third kappa shape index (κ3) is 4.61. The molecule has 0 spiro atoms. The van der Waals surface area contributed by atoms with E-state index in [0.29, 0.717) is 12.8 Å². The van der Waals surface area contributed by atoms with Crippen LogP contribution in [-0.4, -0.2) is 34.5 Å². The van der Waals surface area contributed by atoms with Crippen molar-refractivity contribution < 1.29 is 36.9 Å². The molecule has 0 aliphatic carbocycles. The van der Waals surface area contributed by atoms with E-state index < -0.39 is 41.7 Å². The Labute approximate surface area is 176 Å². The molecule has 9 heteroatoms. The Morgan fingerprint density at radius 1 is 1.10 bits per heavy atom. The molecule has 2 aromatic carbocycles. The molecule has 2 aliphatic heterocycles. The van der Waals surface area contributed by atoms with Crippen LogP contribution in [0, 0.1) is 5.82 Å². The van der Waals surface area contributed by atoms with Gasteiger partial charge in [-0.05, 0) is 36.6 Å². The lowest BCUT2D eigenvalue weighted by Crippen LogP contribution is -2.52. The van der Waals surface area contributed by atoms with Crippen molar-refractivity contribution in [3.63, 3.8) is 0 Å². The largest absolute Gasteiger partial charge is 0.573 e. The van der Waals surface area contributed by atoms with Gasteiger partial charge in [0.05, 0.1) is 5.60 Å². The summed E-state index contributed by atoms with van der Waals surface area (Å²) in [5.41, 5.74) is -1.14. The van der Waals surface area contributed by atoms with Crippen LogP contribution < -0.4 is 4.74 Å². The van der Waals surface area contributed by atoms with Crippen molar-refractivity contribution in [3.8, 4) is 5.75 Å². The molecule has 0 saturated carbocycles. The van der Waals surface area contributed by atoms with Crippen LogP contribution in [0.5, 0.6) is 5.75 Å². The molecule has 2 saturated heterocycles. The van der Waals surface area contributed by atoms with E-state index in [1.165, 1.54) is 0 Å². The number of hydrogen-bond donors (Lipinski definition) is 1. The molecule has 31 heavy (non-hydrogen) atoms. The van der Waals surface area contributed by atoms with E-state index in [1.54, 1.807) is 4.90 Å². The number of ether oxygens (including phenoxy) is 2. The van der Waals surface area contributed by atoms with Crippen LogP contribution in [0.3, 0.4) is 0 Å². The molecule has 2 aromatic rings. The third-order valence-electron chi connectivity index (χ3n) is 5.86. The maximum absolute atomic E-state index is 14.5. The highest BCUT2D eigenvalue weighted by Crippen LogP contribution is 2.47. The monoisotopic (exact) mass is 439 g/mol. The van der Waals surface area contributed by atoms with Crippen molar-refractivity contribution >= 4 is 6.09 Å². The van der Waals surface area contributed by atoms with Crippen LogP contribution in [0.15, 0.2) is 48.5 Å². The zero-order valence-electron chi connectivity index (χ0n) is 16.4. The predicted molar refractivity (Wildman–Crippen MR) is 101 cm³/mol. The van der Waals surface area contributed by atoms with Crippen molar-refractivity contribution in [2.24, 2.45) is 0 Å². The first-order chi connectivity index (χ1) is 14.6. The third-order valence-corrected chi connectivity index (χ3v) is 5.86. The summed E-state index contributed by atoms with van der Waals surface area (Å²) >= 11 is 0. The van der Waals surface area contributed by atoms with E-state index in [0.717, 1.165) is 23.8 Å². The molecule has 166 valence electrons. The predicted octanol–water partition coefficient (Wildman–Crippen LogP) is 4.88. The van der Waals surface area contributed by atoms with E-state index in [-0.39, 0.29) is 25.0 Å². The summed E-state index contributed by atoms with van der Waals surface area (Å²) < 4.78 is 61.4. The topological polar surface area (TPSA) is 59.0 Å². The lowest BCUT2D eigenvalue weighted by Gasteiger charge is -2.43. The number of hydrogen-bond acceptors (Lipinski definition) is 4. The van der Waals surface area contributed by atoms with E-state index in [2.05, 4.69) is 4.74 Å². The van der Waals surface area contributed by atoms with Gasteiger partial charge in [-0.1, -0.05) is 30.3 Å². The van der Waals surface area contributed by atoms with E-state index >= 15 is 0 Å². The SMILES string of the molecule is O=C(OCc1ccccc1)N1C2CCC1CC(O)(c1cc(OC(F)(F)F)ccc1F)C2. The molecule has 4 rings (SSSR count). The molecule has 2 aliphatic rings. The average molecular weight is 439 g/mol. The first-order valence-electron chi connectivity index (χ1n) is 9.92. The van der Waals surface area contributed by atoms with E-state index in [1.807, 2.05) is 30.3 Å². The molecule has 0 aromatic heterocycles. The van der Waals surface area contributed by atoms with Crippen molar-refractivity contribution in [3.05, 3.63) is 65.5 Å². The Morgan fingerprint density at radius 2 is 1.74 bits per heavy atom. The summed E-state index contributed by atoms with van der Waals surface area (Å²) in [5.74, 6) is -1.43. The lowest BCUT2D eigenvalue weighted by molar-refractivity contribution is -0.274. The molecule has 1 N–H and O–H groups in total.